The largest absolute Gasteiger partial charge is 0.454 e. The smallest absolute Gasteiger partial charge is 0.231 e. The second-order valence-electron chi connectivity index (χ2n) is 8.09. The summed E-state index contributed by atoms with van der Waals surface area (Å²) in [6, 6.07) is 5.93. The van der Waals surface area contributed by atoms with Gasteiger partial charge in [0.1, 0.15) is 11.1 Å². The van der Waals surface area contributed by atoms with E-state index in [0.717, 1.165) is 35.4 Å². The number of hydrogen-bond donors (Lipinski definition) is 0. The molecule has 0 radical (unpaired) electrons. The number of hydrogen-bond acceptors (Lipinski definition) is 5. The summed E-state index contributed by atoms with van der Waals surface area (Å²) in [7, 11) is 0. The van der Waals surface area contributed by atoms with Gasteiger partial charge in [-0.1, -0.05) is 32.4 Å². The predicted molar refractivity (Wildman–Crippen MR) is 109 cm³/mol. The molecule has 0 amide bonds. The molecule has 0 spiro atoms. The van der Waals surface area contributed by atoms with Gasteiger partial charge in [0.05, 0.1) is 10.6 Å². The number of benzene rings is 1. The number of aliphatic imine (C=N–C) groups is 1. The lowest BCUT2D eigenvalue weighted by molar-refractivity contribution is 0.174. The van der Waals surface area contributed by atoms with Crippen molar-refractivity contribution in [3.05, 3.63) is 38.7 Å². The average molecular weight is 401 g/mol. The molecule has 0 N–H and O–H groups in total. The summed E-state index contributed by atoms with van der Waals surface area (Å²) in [6.45, 7) is 7.09. The van der Waals surface area contributed by atoms with Gasteiger partial charge in [0.15, 0.2) is 11.5 Å². The third-order valence-electron chi connectivity index (χ3n) is 5.40. The van der Waals surface area contributed by atoms with Gasteiger partial charge in [-0.15, -0.1) is 11.3 Å². The summed E-state index contributed by atoms with van der Waals surface area (Å²) in [5, 5.41) is 11.0. The van der Waals surface area contributed by atoms with Crippen LogP contribution in [0.5, 0.6) is 11.5 Å². The van der Waals surface area contributed by atoms with Crippen LogP contribution in [0.1, 0.15) is 48.8 Å². The van der Waals surface area contributed by atoms with E-state index >= 15 is 0 Å². The molecule has 0 saturated heterocycles. The number of halogens is 1. The minimum atomic E-state index is 0.206. The van der Waals surface area contributed by atoms with Crippen molar-refractivity contribution in [1.29, 1.82) is 5.26 Å². The normalized spacial score (nSPS) is 18.6. The van der Waals surface area contributed by atoms with Crippen LogP contribution in [-0.2, 0) is 12.8 Å². The Morgan fingerprint density at radius 2 is 2.04 bits per heavy atom. The Morgan fingerprint density at radius 1 is 1.30 bits per heavy atom. The molecule has 4 rings (SSSR count). The van der Waals surface area contributed by atoms with Gasteiger partial charge in [-0.2, -0.15) is 5.26 Å². The SMILES string of the molecule is CC(C)(C)[C@@H]1CCc2c(sc(N=Cc3cc4c(cc3Cl)OCO4)c2C#N)C1. The number of fused-ring (bicyclic) bond motifs is 2. The van der Waals surface area contributed by atoms with E-state index in [0.29, 0.717) is 22.4 Å². The lowest BCUT2D eigenvalue weighted by Crippen LogP contribution is -2.26. The van der Waals surface area contributed by atoms with Crippen molar-refractivity contribution in [1.82, 2.24) is 0 Å². The standard InChI is InChI=1S/C21H21ClN2O2S/c1-21(2,3)13-4-5-14-15(9-23)20(27-19(14)7-13)24-10-12-6-17-18(8-16(12)22)26-11-25-17/h6,8,10,13H,4-5,7,11H2,1-3H3/t13-/m1/s1. The van der Waals surface area contributed by atoms with Crippen LogP contribution in [0.4, 0.5) is 5.00 Å². The van der Waals surface area contributed by atoms with Crippen molar-refractivity contribution in [2.75, 3.05) is 6.79 Å². The van der Waals surface area contributed by atoms with Crippen LogP contribution in [0.2, 0.25) is 5.02 Å². The van der Waals surface area contributed by atoms with Gasteiger partial charge in [0.25, 0.3) is 0 Å². The highest BCUT2D eigenvalue weighted by molar-refractivity contribution is 7.16. The van der Waals surface area contributed by atoms with Gasteiger partial charge < -0.3 is 9.47 Å². The fraction of sp³-hybridized carbons (Fsp3) is 0.429. The van der Waals surface area contributed by atoms with Gasteiger partial charge >= 0.3 is 0 Å². The van der Waals surface area contributed by atoms with Gasteiger partial charge in [0.2, 0.25) is 6.79 Å². The fourth-order valence-corrected chi connectivity index (χ4v) is 5.10. The molecule has 0 bridgehead atoms. The Hall–Kier alpha value is -2.03. The topological polar surface area (TPSA) is 54.6 Å². The first-order valence-corrected chi connectivity index (χ1v) is 10.2. The van der Waals surface area contributed by atoms with E-state index in [1.807, 2.05) is 6.07 Å². The molecule has 1 atom stereocenters. The zero-order valence-corrected chi connectivity index (χ0v) is 17.2. The van der Waals surface area contributed by atoms with Crippen molar-refractivity contribution in [3.63, 3.8) is 0 Å². The molecule has 1 aromatic carbocycles. The minimum absolute atomic E-state index is 0.206. The van der Waals surface area contributed by atoms with Crippen molar-refractivity contribution in [2.45, 2.75) is 40.0 Å². The van der Waals surface area contributed by atoms with Crippen LogP contribution in [-0.4, -0.2) is 13.0 Å². The molecule has 2 aromatic rings. The molecule has 0 unspecified atom stereocenters. The van der Waals surface area contributed by atoms with E-state index in [2.05, 4.69) is 31.8 Å². The molecule has 0 fully saturated rings. The van der Waals surface area contributed by atoms with Gasteiger partial charge in [-0.3, -0.25) is 0 Å². The number of ether oxygens (including phenoxy) is 2. The molecule has 1 aliphatic heterocycles. The quantitative estimate of drug-likeness (QED) is 0.589. The molecule has 1 aliphatic carbocycles. The highest BCUT2D eigenvalue weighted by atomic mass is 35.5. The number of nitrogens with zero attached hydrogens (tertiary/aromatic N) is 2. The third kappa shape index (κ3) is 3.44. The summed E-state index contributed by atoms with van der Waals surface area (Å²) in [5.74, 6) is 1.95. The van der Waals surface area contributed by atoms with Crippen molar-refractivity contribution >= 4 is 34.2 Å². The molecule has 140 valence electrons. The molecule has 0 saturated carbocycles. The van der Waals surface area contributed by atoms with E-state index in [1.165, 1.54) is 10.4 Å². The summed E-state index contributed by atoms with van der Waals surface area (Å²) in [4.78, 5) is 5.92. The lowest BCUT2D eigenvalue weighted by Gasteiger charge is -2.33. The minimum Gasteiger partial charge on any atom is -0.454 e. The first-order chi connectivity index (χ1) is 12.9. The zero-order chi connectivity index (χ0) is 19.2. The summed E-state index contributed by atoms with van der Waals surface area (Å²) in [6.07, 6.45) is 4.82. The number of rotatable bonds is 2. The third-order valence-corrected chi connectivity index (χ3v) is 6.89. The Morgan fingerprint density at radius 3 is 2.74 bits per heavy atom. The van der Waals surface area contributed by atoms with Crippen molar-refractivity contribution in [3.8, 4) is 17.6 Å². The van der Waals surface area contributed by atoms with E-state index in [-0.39, 0.29) is 12.2 Å². The highest BCUT2D eigenvalue weighted by Gasteiger charge is 2.32. The molecular weight excluding hydrogens is 380 g/mol. The van der Waals surface area contributed by atoms with Crippen LogP contribution in [0, 0.1) is 22.7 Å². The van der Waals surface area contributed by atoms with Crippen LogP contribution in [0.25, 0.3) is 0 Å². The zero-order valence-electron chi connectivity index (χ0n) is 15.6. The van der Waals surface area contributed by atoms with Gasteiger partial charge in [-0.05, 0) is 42.2 Å². The second-order valence-corrected chi connectivity index (χ2v) is 9.58. The van der Waals surface area contributed by atoms with E-state index in [9.17, 15) is 5.26 Å². The van der Waals surface area contributed by atoms with Gasteiger partial charge in [0, 0.05) is 22.7 Å². The molecule has 2 heterocycles. The Bertz CT molecular complexity index is 966. The predicted octanol–water partition coefficient (Wildman–Crippen LogP) is 5.90. The Labute approximate surface area is 168 Å². The Balaban J connectivity index is 1.65. The lowest BCUT2D eigenvalue weighted by atomic mass is 9.72. The first kappa shape index (κ1) is 18.3. The van der Waals surface area contributed by atoms with Crippen molar-refractivity contribution < 1.29 is 9.47 Å². The molecule has 2 aliphatic rings. The maximum Gasteiger partial charge on any atom is 0.231 e. The Kier molecular flexibility index (Phi) is 4.65. The van der Waals surface area contributed by atoms with Crippen LogP contribution >= 0.6 is 22.9 Å². The molecule has 27 heavy (non-hydrogen) atoms. The molecular formula is C21H21ClN2O2S. The molecule has 4 nitrogen and oxygen atoms in total. The van der Waals surface area contributed by atoms with Crippen molar-refractivity contribution in [2.24, 2.45) is 16.3 Å². The highest BCUT2D eigenvalue weighted by Crippen LogP contribution is 2.45. The van der Waals surface area contributed by atoms with E-state index in [4.69, 9.17) is 21.1 Å². The molecule has 6 heteroatoms. The average Bonchev–Trinajstić information content (AvgIpc) is 3.21. The second kappa shape index (κ2) is 6.85. The maximum atomic E-state index is 9.69. The number of nitriles is 1. The van der Waals surface area contributed by atoms with Crippen LogP contribution < -0.4 is 9.47 Å². The van der Waals surface area contributed by atoms with Crippen LogP contribution in [0.3, 0.4) is 0 Å². The monoisotopic (exact) mass is 400 g/mol. The first-order valence-electron chi connectivity index (χ1n) is 9.04. The fourth-order valence-electron chi connectivity index (χ4n) is 3.68. The van der Waals surface area contributed by atoms with Gasteiger partial charge in [-0.25, -0.2) is 4.99 Å². The van der Waals surface area contributed by atoms with E-state index < -0.39 is 0 Å². The summed E-state index contributed by atoms with van der Waals surface area (Å²) in [5.41, 5.74) is 2.93. The molecule has 1 aromatic heterocycles. The maximum absolute atomic E-state index is 9.69. The van der Waals surface area contributed by atoms with E-state index in [1.54, 1.807) is 23.6 Å². The van der Waals surface area contributed by atoms with Crippen LogP contribution in [0.15, 0.2) is 17.1 Å². The summed E-state index contributed by atoms with van der Waals surface area (Å²) < 4.78 is 10.7. The summed E-state index contributed by atoms with van der Waals surface area (Å²) >= 11 is 7.97. The number of thiophene rings is 1.